The van der Waals surface area contributed by atoms with Crippen LogP contribution in [0.5, 0.6) is 0 Å². The van der Waals surface area contributed by atoms with Crippen LogP contribution in [0.25, 0.3) is 10.9 Å². The molecular weight excluding hydrogens is 524 g/mol. The molecule has 40 heavy (non-hydrogen) atoms. The van der Waals surface area contributed by atoms with Crippen LogP contribution in [0.2, 0.25) is 0 Å². The molecule has 9 heteroatoms. The van der Waals surface area contributed by atoms with E-state index >= 15 is 0 Å². The number of carbonyl (C=O) groups is 1. The fourth-order valence-corrected chi connectivity index (χ4v) is 6.23. The number of nitrogens with one attached hydrogen (secondary N) is 1. The van der Waals surface area contributed by atoms with Crippen molar-refractivity contribution in [3.05, 3.63) is 110 Å². The number of nitro benzene ring substituents is 1. The number of rotatable bonds is 10. The third-order valence-corrected chi connectivity index (χ3v) is 8.60. The zero-order chi connectivity index (χ0) is 27.9. The van der Waals surface area contributed by atoms with E-state index in [0.29, 0.717) is 34.9 Å². The summed E-state index contributed by atoms with van der Waals surface area (Å²) in [5, 5.41) is 15.3. The third-order valence-electron chi connectivity index (χ3n) is 7.56. The molecule has 1 saturated carbocycles. The summed E-state index contributed by atoms with van der Waals surface area (Å²) in [6.07, 6.45) is 4.19. The van der Waals surface area contributed by atoms with Gasteiger partial charge in [-0.3, -0.25) is 24.3 Å². The Labute approximate surface area is 237 Å². The number of nitro groups is 1. The first kappa shape index (κ1) is 27.6. The Balaban J connectivity index is 1.23. The lowest BCUT2D eigenvalue weighted by molar-refractivity contribution is -0.384. The van der Waals surface area contributed by atoms with Crippen molar-refractivity contribution in [3.8, 4) is 0 Å². The molecule has 0 saturated heterocycles. The summed E-state index contributed by atoms with van der Waals surface area (Å²) in [4.78, 5) is 41.7. The molecule has 0 spiro atoms. The van der Waals surface area contributed by atoms with E-state index in [2.05, 4.69) is 17.4 Å². The molecule has 206 valence electrons. The van der Waals surface area contributed by atoms with Crippen LogP contribution in [0.3, 0.4) is 0 Å². The summed E-state index contributed by atoms with van der Waals surface area (Å²) < 4.78 is 1.78. The molecule has 0 radical (unpaired) electrons. The minimum atomic E-state index is -0.414. The van der Waals surface area contributed by atoms with Crippen LogP contribution in [0, 0.1) is 22.0 Å². The van der Waals surface area contributed by atoms with Gasteiger partial charge in [0.15, 0.2) is 5.16 Å². The van der Waals surface area contributed by atoms with Crippen LogP contribution in [0.1, 0.15) is 36.8 Å². The van der Waals surface area contributed by atoms with E-state index in [1.807, 2.05) is 42.5 Å². The Kier molecular flexibility index (Phi) is 8.91. The van der Waals surface area contributed by atoms with Crippen LogP contribution in [-0.2, 0) is 23.5 Å². The van der Waals surface area contributed by atoms with Crippen LogP contribution in [0.15, 0.2) is 88.8 Å². The molecule has 0 unspecified atom stereocenters. The SMILES string of the molecule is O=C(NCCc1ccccc1)C1CCC(Cn2c(SCc3ccc([N+](=O)[O-])cc3)nc3ccccc3c2=O)CC1. The molecule has 0 bridgehead atoms. The van der Waals surface area contributed by atoms with E-state index < -0.39 is 4.92 Å². The first-order chi connectivity index (χ1) is 19.5. The van der Waals surface area contributed by atoms with Crippen molar-refractivity contribution in [3.63, 3.8) is 0 Å². The lowest BCUT2D eigenvalue weighted by Crippen LogP contribution is -2.35. The molecule has 0 atom stereocenters. The summed E-state index contributed by atoms with van der Waals surface area (Å²) in [5.41, 5.74) is 2.78. The average molecular weight is 557 g/mol. The maximum absolute atomic E-state index is 13.5. The topological polar surface area (TPSA) is 107 Å². The second kappa shape index (κ2) is 12.9. The van der Waals surface area contributed by atoms with Gasteiger partial charge in [-0.2, -0.15) is 0 Å². The minimum absolute atomic E-state index is 0.00876. The predicted octanol–water partition coefficient (Wildman–Crippen LogP) is 5.76. The van der Waals surface area contributed by atoms with E-state index in [1.165, 1.54) is 29.5 Å². The number of non-ortho nitro benzene ring substituents is 1. The Bertz CT molecular complexity index is 1530. The molecule has 1 fully saturated rings. The number of benzene rings is 3. The Hall–Kier alpha value is -3.98. The monoisotopic (exact) mass is 556 g/mol. The quantitative estimate of drug-likeness (QED) is 0.115. The zero-order valence-electron chi connectivity index (χ0n) is 22.2. The summed E-state index contributed by atoms with van der Waals surface area (Å²) in [5.74, 6) is 0.957. The predicted molar refractivity (Wildman–Crippen MR) is 157 cm³/mol. The van der Waals surface area contributed by atoms with Crippen molar-refractivity contribution in [1.82, 2.24) is 14.9 Å². The first-order valence-corrected chi connectivity index (χ1v) is 14.6. The van der Waals surface area contributed by atoms with Gasteiger partial charge in [0.1, 0.15) is 0 Å². The molecule has 1 N–H and O–H groups in total. The van der Waals surface area contributed by atoms with Crippen LogP contribution in [-0.4, -0.2) is 26.9 Å². The van der Waals surface area contributed by atoms with Crippen LogP contribution < -0.4 is 10.9 Å². The van der Waals surface area contributed by atoms with Crippen molar-refractivity contribution in [2.75, 3.05) is 6.54 Å². The van der Waals surface area contributed by atoms with Gasteiger partial charge in [0.05, 0.1) is 15.8 Å². The highest BCUT2D eigenvalue weighted by Gasteiger charge is 2.27. The normalized spacial score (nSPS) is 17.0. The molecule has 1 aliphatic carbocycles. The van der Waals surface area contributed by atoms with Gasteiger partial charge in [-0.05, 0) is 61.3 Å². The van der Waals surface area contributed by atoms with Gasteiger partial charge in [0.25, 0.3) is 11.2 Å². The molecule has 1 aliphatic rings. The van der Waals surface area contributed by atoms with E-state index in [4.69, 9.17) is 4.98 Å². The molecular formula is C31H32N4O4S. The van der Waals surface area contributed by atoms with Crippen LogP contribution >= 0.6 is 11.8 Å². The Morgan fingerprint density at radius 1 is 0.950 bits per heavy atom. The molecule has 3 aromatic carbocycles. The highest BCUT2D eigenvalue weighted by Crippen LogP contribution is 2.31. The number of carbonyl (C=O) groups excluding carboxylic acids is 1. The molecule has 0 aliphatic heterocycles. The summed E-state index contributed by atoms with van der Waals surface area (Å²) >= 11 is 1.46. The highest BCUT2D eigenvalue weighted by atomic mass is 32.2. The number of hydrogen-bond donors (Lipinski definition) is 1. The van der Waals surface area contributed by atoms with Crippen molar-refractivity contribution in [2.24, 2.45) is 11.8 Å². The number of amides is 1. The number of nitrogens with zero attached hydrogens (tertiary/aromatic N) is 3. The largest absolute Gasteiger partial charge is 0.356 e. The summed E-state index contributed by atoms with van der Waals surface area (Å²) in [6.45, 7) is 1.19. The van der Waals surface area contributed by atoms with E-state index in [0.717, 1.165) is 37.7 Å². The van der Waals surface area contributed by atoms with Gasteiger partial charge in [-0.25, -0.2) is 4.98 Å². The zero-order valence-corrected chi connectivity index (χ0v) is 23.0. The molecule has 5 rings (SSSR count). The number of para-hydroxylation sites is 1. The van der Waals surface area contributed by atoms with Crippen molar-refractivity contribution in [1.29, 1.82) is 0 Å². The van der Waals surface area contributed by atoms with Crippen molar-refractivity contribution in [2.45, 2.75) is 49.6 Å². The van der Waals surface area contributed by atoms with Crippen molar-refractivity contribution < 1.29 is 9.72 Å². The number of hydrogen-bond acceptors (Lipinski definition) is 6. The fraction of sp³-hybridized carbons (Fsp3) is 0.323. The molecule has 4 aromatic rings. The Morgan fingerprint density at radius 2 is 1.65 bits per heavy atom. The molecule has 8 nitrogen and oxygen atoms in total. The summed E-state index contributed by atoms with van der Waals surface area (Å²) in [7, 11) is 0. The van der Waals surface area contributed by atoms with Gasteiger partial charge in [-0.1, -0.05) is 66.4 Å². The highest BCUT2D eigenvalue weighted by molar-refractivity contribution is 7.98. The minimum Gasteiger partial charge on any atom is -0.356 e. The molecule has 1 heterocycles. The lowest BCUT2D eigenvalue weighted by atomic mass is 9.81. The average Bonchev–Trinajstić information content (AvgIpc) is 2.99. The van der Waals surface area contributed by atoms with Crippen molar-refractivity contribution >= 4 is 34.3 Å². The number of aromatic nitrogens is 2. The maximum Gasteiger partial charge on any atom is 0.269 e. The first-order valence-electron chi connectivity index (χ1n) is 13.7. The van der Waals surface area contributed by atoms with Gasteiger partial charge in [0.2, 0.25) is 5.91 Å². The van der Waals surface area contributed by atoms with Gasteiger partial charge in [-0.15, -0.1) is 0 Å². The van der Waals surface area contributed by atoms with E-state index in [-0.39, 0.29) is 29.0 Å². The van der Waals surface area contributed by atoms with Crippen LogP contribution in [0.4, 0.5) is 5.69 Å². The molecule has 1 amide bonds. The maximum atomic E-state index is 13.5. The second-order valence-electron chi connectivity index (χ2n) is 10.3. The number of fused-ring (bicyclic) bond motifs is 1. The summed E-state index contributed by atoms with van der Waals surface area (Å²) in [6, 6.07) is 24.0. The number of thioether (sulfide) groups is 1. The lowest BCUT2D eigenvalue weighted by Gasteiger charge is -2.28. The Morgan fingerprint density at radius 3 is 2.38 bits per heavy atom. The second-order valence-corrected chi connectivity index (χ2v) is 11.2. The third kappa shape index (κ3) is 6.77. The molecule has 1 aromatic heterocycles. The van der Waals surface area contributed by atoms with E-state index in [9.17, 15) is 19.7 Å². The van der Waals surface area contributed by atoms with Gasteiger partial charge < -0.3 is 5.32 Å². The smallest absolute Gasteiger partial charge is 0.269 e. The fourth-order valence-electron chi connectivity index (χ4n) is 5.27. The van der Waals surface area contributed by atoms with E-state index in [1.54, 1.807) is 16.7 Å². The standard InChI is InChI=1S/C31H32N4O4S/c36-29(32-19-18-22-6-2-1-3-7-22)25-14-10-23(11-15-25)20-34-30(37)27-8-4-5-9-28(27)33-31(34)40-21-24-12-16-26(17-13-24)35(38)39/h1-9,12-13,16-17,23,25H,10-11,14-15,18-21H2,(H,32,36). The van der Waals surface area contributed by atoms with Gasteiger partial charge >= 0.3 is 0 Å². The van der Waals surface area contributed by atoms with Gasteiger partial charge in [0, 0.05) is 36.9 Å².